The number of hydrogen-bond donors (Lipinski definition) is 1. The number of halogens is 3. The molecule has 2 aromatic carbocycles. The number of carbonyl (C=O) groups excluding carboxylic acids is 1. The zero-order valence-corrected chi connectivity index (χ0v) is 19.8. The standard InChI is InChI=1S/C21H23Cl3N2O4S/c22-17-6-5-16(19(24)13-17)14-31(28,29)26-10-7-15(8-11-26)21(27)25-9-12-30-20-4-2-1-3-18(20)23/h1-6,13,15H,7-12,14H2,(H,25,27). The van der Waals surface area contributed by atoms with E-state index in [-0.39, 0.29) is 17.6 Å². The van der Waals surface area contributed by atoms with Gasteiger partial charge in [-0.05, 0) is 42.7 Å². The number of nitrogens with one attached hydrogen (secondary N) is 1. The van der Waals surface area contributed by atoms with Crippen molar-refractivity contribution in [3.8, 4) is 5.75 Å². The van der Waals surface area contributed by atoms with Gasteiger partial charge in [0.15, 0.2) is 0 Å². The van der Waals surface area contributed by atoms with Crippen LogP contribution in [-0.2, 0) is 20.6 Å². The molecule has 2 aromatic rings. The summed E-state index contributed by atoms with van der Waals surface area (Å²) in [6, 6.07) is 11.9. The van der Waals surface area contributed by atoms with Gasteiger partial charge in [-0.2, -0.15) is 0 Å². The topological polar surface area (TPSA) is 75.7 Å². The van der Waals surface area contributed by atoms with Gasteiger partial charge < -0.3 is 10.1 Å². The highest BCUT2D eigenvalue weighted by molar-refractivity contribution is 7.88. The Morgan fingerprint density at radius 1 is 1.06 bits per heavy atom. The molecule has 1 N–H and O–H groups in total. The minimum Gasteiger partial charge on any atom is -0.490 e. The van der Waals surface area contributed by atoms with Crippen molar-refractivity contribution in [2.45, 2.75) is 18.6 Å². The van der Waals surface area contributed by atoms with Gasteiger partial charge in [0.05, 0.1) is 17.3 Å². The van der Waals surface area contributed by atoms with Gasteiger partial charge in [-0.1, -0.05) is 53.0 Å². The Hall–Kier alpha value is -1.51. The van der Waals surface area contributed by atoms with E-state index in [9.17, 15) is 13.2 Å². The van der Waals surface area contributed by atoms with E-state index in [0.717, 1.165) is 0 Å². The van der Waals surface area contributed by atoms with Gasteiger partial charge >= 0.3 is 0 Å². The molecule has 1 saturated heterocycles. The highest BCUT2D eigenvalue weighted by Crippen LogP contribution is 2.26. The van der Waals surface area contributed by atoms with Crippen LogP contribution >= 0.6 is 34.8 Å². The Morgan fingerprint density at radius 2 is 1.77 bits per heavy atom. The molecule has 0 unspecified atom stereocenters. The van der Waals surface area contributed by atoms with Crippen LogP contribution in [-0.4, -0.2) is 44.9 Å². The van der Waals surface area contributed by atoms with E-state index in [4.69, 9.17) is 39.5 Å². The number of para-hydroxylation sites is 1. The zero-order chi connectivity index (χ0) is 22.4. The molecule has 1 heterocycles. The molecule has 168 valence electrons. The first-order valence-corrected chi connectivity index (χ1v) is 12.6. The lowest BCUT2D eigenvalue weighted by Gasteiger charge is -2.30. The first-order valence-electron chi connectivity index (χ1n) is 9.83. The maximum Gasteiger partial charge on any atom is 0.223 e. The summed E-state index contributed by atoms with van der Waals surface area (Å²) in [7, 11) is -3.53. The first-order chi connectivity index (χ1) is 14.8. The van der Waals surface area contributed by atoms with E-state index < -0.39 is 10.0 Å². The lowest BCUT2D eigenvalue weighted by molar-refractivity contribution is -0.126. The summed E-state index contributed by atoms with van der Waals surface area (Å²) in [5.74, 6) is 0.0448. The van der Waals surface area contributed by atoms with Crippen molar-refractivity contribution in [1.29, 1.82) is 0 Å². The minimum atomic E-state index is -3.53. The molecule has 3 rings (SSSR count). The van der Waals surface area contributed by atoms with Crippen molar-refractivity contribution in [3.05, 3.63) is 63.1 Å². The molecule has 0 aromatic heterocycles. The van der Waals surface area contributed by atoms with E-state index in [2.05, 4.69) is 5.32 Å². The molecular formula is C21H23Cl3N2O4S. The molecule has 0 atom stereocenters. The second-order valence-corrected chi connectivity index (χ2v) is 10.5. The normalized spacial score (nSPS) is 15.6. The van der Waals surface area contributed by atoms with Crippen LogP contribution in [0.25, 0.3) is 0 Å². The second kappa shape index (κ2) is 10.9. The van der Waals surface area contributed by atoms with E-state index in [0.29, 0.717) is 65.5 Å². The molecule has 1 amide bonds. The molecule has 0 spiro atoms. The van der Waals surface area contributed by atoms with Crippen molar-refractivity contribution in [3.63, 3.8) is 0 Å². The summed E-state index contributed by atoms with van der Waals surface area (Å²) in [5.41, 5.74) is 0.504. The molecule has 1 aliphatic heterocycles. The van der Waals surface area contributed by atoms with Gasteiger partial charge in [0.25, 0.3) is 0 Å². The van der Waals surface area contributed by atoms with Gasteiger partial charge in [0.2, 0.25) is 15.9 Å². The number of piperidine rings is 1. The van der Waals surface area contributed by atoms with Gasteiger partial charge in [-0.3, -0.25) is 4.79 Å². The van der Waals surface area contributed by atoms with Crippen LogP contribution in [0.15, 0.2) is 42.5 Å². The largest absolute Gasteiger partial charge is 0.490 e. The maximum absolute atomic E-state index is 12.7. The Labute approximate surface area is 197 Å². The third kappa shape index (κ3) is 6.73. The fourth-order valence-electron chi connectivity index (χ4n) is 3.36. The lowest BCUT2D eigenvalue weighted by Crippen LogP contribution is -2.44. The highest BCUT2D eigenvalue weighted by atomic mass is 35.5. The van der Waals surface area contributed by atoms with Gasteiger partial charge in [0.1, 0.15) is 12.4 Å². The first kappa shape index (κ1) is 24.1. The van der Waals surface area contributed by atoms with Crippen LogP contribution in [0.2, 0.25) is 15.1 Å². The van der Waals surface area contributed by atoms with Crippen LogP contribution in [0.3, 0.4) is 0 Å². The molecule has 0 saturated carbocycles. The molecule has 1 fully saturated rings. The third-order valence-electron chi connectivity index (χ3n) is 5.07. The Bertz CT molecular complexity index is 1030. The summed E-state index contributed by atoms with van der Waals surface area (Å²) >= 11 is 18.0. The van der Waals surface area contributed by atoms with Crippen LogP contribution < -0.4 is 10.1 Å². The highest BCUT2D eigenvalue weighted by Gasteiger charge is 2.31. The van der Waals surface area contributed by atoms with Crippen LogP contribution in [0.1, 0.15) is 18.4 Å². The van der Waals surface area contributed by atoms with Gasteiger partial charge in [0, 0.05) is 29.1 Å². The van der Waals surface area contributed by atoms with Crippen LogP contribution in [0.4, 0.5) is 0 Å². The number of amides is 1. The fraction of sp³-hybridized carbons (Fsp3) is 0.381. The predicted molar refractivity (Wildman–Crippen MR) is 123 cm³/mol. The number of nitrogens with zero attached hydrogens (tertiary/aromatic N) is 1. The van der Waals surface area contributed by atoms with Crippen LogP contribution in [0, 0.1) is 5.92 Å². The van der Waals surface area contributed by atoms with Crippen molar-refractivity contribution in [2.24, 2.45) is 5.92 Å². The molecular weight excluding hydrogens is 483 g/mol. The van der Waals surface area contributed by atoms with E-state index in [1.165, 1.54) is 10.4 Å². The third-order valence-corrected chi connectivity index (χ3v) is 7.79. The fourth-order valence-corrected chi connectivity index (χ4v) is 5.70. The van der Waals surface area contributed by atoms with Crippen molar-refractivity contribution in [1.82, 2.24) is 9.62 Å². The molecule has 0 bridgehead atoms. The lowest BCUT2D eigenvalue weighted by atomic mass is 9.97. The summed E-state index contributed by atoms with van der Waals surface area (Å²) in [4.78, 5) is 12.4. The maximum atomic E-state index is 12.7. The van der Waals surface area contributed by atoms with E-state index in [1.54, 1.807) is 24.3 Å². The summed E-state index contributed by atoms with van der Waals surface area (Å²) in [6.07, 6.45) is 0.926. The number of ether oxygens (including phenoxy) is 1. The molecule has 1 aliphatic rings. The molecule has 10 heteroatoms. The molecule has 0 radical (unpaired) electrons. The Balaban J connectivity index is 1.44. The van der Waals surface area contributed by atoms with E-state index in [1.807, 2.05) is 12.1 Å². The number of hydrogen-bond acceptors (Lipinski definition) is 4. The Kier molecular flexibility index (Phi) is 8.47. The van der Waals surface area contributed by atoms with Crippen LogP contribution in [0.5, 0.6) is 5.75 Å². The van der Waals surface area contributed by atoms with Crippen molar-refractivity contribution in [2.75, 3.05) is 26.2 Å². The smallest absolute Gasteiger partial charge is 0.223 e. The van der Waals surface area contributed by atoms with Crippen molar-refractivity contribution < 1.29 is 17.9 Å². The number of rotatable bonds is 8. The summed E-state index contributed by atoms with van der Waals surface area (Å²) < 4.78 is 32.5. The average Bonchev–Trinajstić information content (AvgIpc) is 2.74. The molecule has 31 heavy (non-hydrogen) atoms. The summed E-state index contributed by atoms with van der Waals surface area (Å²) in [6.45, 7) is 1.23. The van der Waals surface area contributed by atoms with Crippen molar-refractivity contribution >= 4 is 50.7 Å². The quantitative estimate of drug-likeness (QED) is 0.540. The SMILES string of the molecule is O=C(NCCOc1ccccc1Cl)C1CCN(S(=O)(=O)Cc2ccc(Cl)cc2Cl)CC1. The second-order valence-electron chi connectivity index (χ2n) is 7.24. The average molecular weight is 506 g/mol. The number of benzene rings is 2. The molecule has 0 aliphatic carbocycles. The monoisotopic (exact) mass is 504 g/mol. The minimum absolute atomic E-state index is 0.0967. The van der Waals surface area contributed by atoms with E-state index >= 15 is 0 Å². The number of sulfonamides is 1. The summed E-state index contributed by atoms with van der Waals surface area (Å²) in [5, 5.41) is 4.14. The van der Waals surface area contributed by atoms with Gasteiger partial charge in [-0.25, -0.2) is 12.7 Å². The van der Waals surface area contributed by atoms with Gasteiger partial charge in [-0.15, -0.1) is 0 Å². The zero-order valence-electron chi connectivity index (χ0n) is 16.7. The molecule has 6 nitrogen and oxygen atoms in total. The Morgan fingerprint density at radius 3 is 2.45 bits per heavy atom. The number of carbonyl (C=O) groups is 1. The predicted octanol–water partition coefficient (Wildman–Crippen LogP) is 4.38.